The number of pyridine rings is 1. The number of anilines is 1. The zero-order valence-electron chi connectivity index (χ0n) is 12.1. The number of fused-ring (bicyclic) bond motifs is 1. The summed E-state index contributed by atoms with van der Waals surface area (Å²) in [5.41, 5.74) is 3.12. The Morgan fingerprint density at radius 2 is 2.00 bits per heavy atom. The van der Waals surface area contributed by atoms with Crippen LogP contribution in [-0.2, 0) is 24.2 Å². The largest absolute Gasteiger partial charge is 0.319 e. The van der Waals surface area contributed by atoms with Gasteiger partial charge in [-0.2, -0.15) is 4.57 Å². The summed E-state index contributed by atoms with van der Waals surface area (Å²) in [6.07, 6.45) is 8.60. The molecule has 1 amide bonds. The second kappa shape index (κ2) is 6.44. The number of halogens is 2. The Morgan fingerprint density at radius 3 is 2.77 bits per heavy atom. The first-order chi connectivity index (χ1) is 10.6. The monoisotopic (exact) mass is 319 g/mol. The maximum atomic E-state index is 13.0. The predicted octanol–water partition coefficient (Wildman–Crippen LogP) is 3.28. The number of benzene rings is 1. The van der Waals surface area contributed by atoms with Crippen LogP contribution in [0.3, 0.4) is 0 Å². The lowest BCUT2D eigenvalue weighted by atomic mass is 9.93. The number of nitrogens with zero attached hydrogens (tertiary/aromatic N) is 1. The van der Waals surface area contributed by atoms with Crippen LogP contribution in [0, 0.1) is 5.82 Å². The van der Waals surface area contributed by atoms with Crippen molar-refractivity contribution in [3.05, 3.63) is 58.6 Å². The molecule has 0 bridgehead atoms. The van der Waals surface area contributed by atoms with Gasteiger partial charge in [0.05, 0.1) is 10.7 Å². The molecule has 0 aliphatic heterocycles. The molecule has 0 spiro atoms. The first-order valence-electron chi connectivity index (χ1n) is 7.37. The van der Waals surface area contributed by atoms with Gasteiger partial charge in [-0.3, -0.25) is 4.79 Å². The highest BCUT2D eigenvalue weighted by atomic mass is 35.5. The quantitative estimate of drug-likeness (QED) is 0.865. The van der Waals surface area contributed by atoms with Crippen molar-refractivity contribution >= 4 is 23.2 Å². The molecule has 5 heteroatoms. The van der Waals surface area contributed by atoms with Crippen molar-refractivity contribution in [1.82, 2.24) is 0 Å². The van der Waals surface area contributed by atoms with E-state index in [0.717, 1.165) is 12.8 Å². The molecule has 0 radical (unpaired) electrons. The fourth-order valence-corrected chi connectivity index (χ4v) is 2.98. The van der Waals surface area contributed by atoms with E-state index in [1.807, 2.05) is 17.0 Å². The van der Waals surface area contributed by atoms with E-state index in [1.165, 1.54) is 42.2 Å². The topological polar surface area (TPSA) is 33.0 Å². The van der Waals surface area contributed by atoms with Crippen LogP contribution in [0.2, 0.25) is 5.02 Å². The first-order valence-corrected chi connectivity index (χ1v) is 7.75. The molecular formula is C17H17ClFN2O+. The summed E-state index contributed by atoms with van der Waals surface area (Å²) in [5, 5.41) is 2.91. The van der Waals surface area contributed by atoms with Gasteiger partial charge >= 0.3 is 0 Å². The normalized spacial score (nSPS) is 13.5. The average Bonchev–Trinajstić information content (AvgIpc) is 2.50. The van der Waals surface area contributed by atoms with E-state index in [0.29, 0.717) is 5.69 Å². The van der Waals surface area contributed by atoms with E-state index in [9.17, 15) is 9.18 Å². The minimum absolute atomic E-state index is 0.186. The number of carbonyl (C=O) groups is 1. The number of hydrogen-bond donors (Lipinski definition) is 1. The molecule has 0 fully saturated rings. The van der Waals surface area contributed by atoms with E-state index in [4.69, 9.17) is 11.6 Å². The molecule has 2 aromatic rings. The molecule has 0 saturated heterocycles. The summed E-state index contributed by atoms with van der Waals surface area (Å²) >= 11 is 5.91. The SMILES string of the molecule is O=C(C[n+]1ccc2c(c1)CCCC2)Nc1ccc(F)cc1Cl. The van der Waals surface area contributed by atoms with Crippen LogP contribution in [-0.4, -0.2) is 5.91 Å². The molecule has 1 heterocycles. The fourth-order valence-electron chi connectivity index (χ4n) is 2.76. The minimum atomic E-state index is -0.424. The number of aromatic nitrogens is 1. The smallest absolute Gasteiger partial charge is 0.290 e. The number of hydrogen-bond acceptors (Lipinski definition) is 1. The fraction of sp³-hybridized carbons (Fsp3) is 0.294. The van der Waals surface area contributed by atoms with Gasteiger partial charge < -0.3 is 5.32 Å². The van der Waals surface area contributed by atoms with Gasteiger partial charge in [-0.05, 0) is 49.4 Å². The second-order valence-corrected chi connectivity index (χ2v) is 5.95. The lowest BCUT2D eigenvalue weighted by molar-refractivity contribution is -0.684. The van der Waals surface area contributed by atoms with E-state index in [-0.39, 0.29) is 17.5 Å². The molecule has 0 unspecified atom stereocenters. The van der Waals surface area contributed by atoms with Gasteiger partial charge in [0.25, 0.3) is 5.91 Å². The third kappa shape index (κ3) is 3.45. The van der Waals surface area contributed by atoms with Gasteiger partial charge in [-0.1, -0.05) is 11.6 Å². The molecule has 3 rings (SSSR count). The van der Waals surface area contributed by atoms with E-state index in [2.05, 4.69) is 11.4 Å². The maximum Gasteiger partial charge on any atom is 0.290 e. The van der Waals surface area contributed by atoms with Crippen molar-refractivity contribution in [2.75, 3.05) is 5.32 Å². The third-order valence-electron chi connectivity index (χ3n) is 3.87. The van der Waals surface area contributed by atoms with Crippen LogP contribution in [0.1, 0.15) is 24.0 Å². The summed E-state index contributed by atoms with van der Waals surface area (Å²) in [4.78, 5) is 12.1. The van der Waals surface area contributed by atoms with Crippen molar-refractivity contribution < 1.29 is 13.8 Å². The second-order valence-electron chi connectivity index (χ2n) is 5.55. The predicted molar refractivity (Wildman–Crippen MR) is 83.3 cm³/mol. The number of aryl methyl sites for hydroxylation is 2. The number of rotatable bonds is 3. The molecule has 1 aromatic carbocycles. The van der Waals surface area contributed by atoms with Gasteiger partial charge in [0.2, 0.25) is 6.54 Å². The highest BCUT2D eigenvalue weighted by molar-refractivity contribution is 6.33. The molecule has 0 atom stereocenters. The zero-order valence-corrected chi connectivity index (χ0v) is 12.9. The Hall–Kier alpha value is -1.94. The Morgan fingerprint density at radius 1 is 1.23 bits per heavy atom. The Kier molecular flexibility index (Phi) is 4.39. The zero-order chi connectivity index (χ0) is 15.5. The molecule has 22 heavy (non-hydrogen) atoms. The number of nitrogens with one attached hydrogen (secondary N) is 1. The number of carbonyl (C=O) groups excluding carboxylic acids is 1. The van der Waals surface area contributed by atoms with Crippen LogP contribution >= 0.6 is 11.6 Å². The average molecular weight is 320 g/mol. The van der Waals surface area contributed by atoms with Crippen LogP contribution < -0.4 is 9.88 Å². The Balaban J connectivity index is 1.69. The van der Waals surface area contributed by atoms with E-state index >= 15 is 0 Å². The van der Waals surface area contributed by atoms with Crippen molar-refractivity contribution in [3.63, 3.8) is 0 Å². The Bertz CT molecular complexity index is 718. The molecule has 1 aliphatic rings. The van der Waals surface area contributed by atoms with Gasteiger partial charge in [0, 0.05) is 11.6 Å². The van der Waals surface area contributed by atoms with Crippen molar-refractivity contribution in [2.24, 2.45) is 0 Å². The maximum absolute atomic E-state index is 13.0. The van der Waals surface area contributed by atoms with Gasteiger partial charge in [0.1, 0.15) is 5.82 Å². The Labute approximate surface area is 133 Å². The minimum Gasteiger partial charge on any atom is -0.319 e. The molecule has 3 nitrogen and oxygen atoms in total. The molecule has 1 aliphatic carbocycles. The van der Waals surface area contributed by atoms with Gasteiger partial charge in [0.15, 0.2) is 12.4 Å². The lowest BCUT2D eigenvalue weighted by Gasteiger charge is -2.13. The van der Waals surface area contributed by atoms with Crippen molar-refractivity contribution in [3.8, 4) is 0 Å². The standard InChI is InChI=1S/C17H16ClFN2O/c18-15-9-14(19)5-6-16(15)20-17(22)11-21-8-7-12-3-1-2-4-13(12)10-21/h5-10H,1-4,11H2/p+1. The number of amides is 1. The van der Waals surface area contributed by atoms with Crippen molar-refractivity contribution in [1.29, 1.82) is 0 Å². The highest BCUT2D eigenvalue weighted by Gasteiger charge is 2.16. The van der Waals surface area contributed by atoms with Crippen LogP contribution in [0.25, 0.3) is 0 Å². The first kappa shape index (κ1) is 15.0. The molecular weight excluding hydrogens is 303 g/mol. The third-order valence-corrected chi connectivity index (χ3v) is 4.19. The summed E-state index contributed by atoms with van der Waals surface area (Å²) < 4.78 is 14.9. The lowest BCUT2D eigenvalue weighted by Crippen LogP contribution is -2.40. The van der Waals surface area contributed by atoms with Crippen molar-refractivity contribution in [2.45, 2.75) is 32.2 Å². The van der Waals surface area contributed by atoms with Gasteiger partial charge in [-0.15, -0.1) is 0 Å². The summed E-state index contributed by atoms with van der Waals surface area (Å²) in [5.74, 6) is -0.610. The summed E-state index contributed by atoms with van der Waals surface area (Å²) in [7, 11) is 0. The van der Waals surface area contributed by atoms with Gasteiger partial charge in [-0.25, -0.2) is 4.39 Å². The molecule has 1 aromatic heterocycles. The molecule has 0 saturated carbocycles. The van der Waals surface area contributed by atoms with Crippen LogP contribution in [0.4, 0.5) is 10.1 Å². The van der Waals surface area contributed by atoms with E-state index < -0.39 is 5.82 Å². The van der Waals surface area contributed by atoms with Crippen LogP contribution in [0.5, 0.6) is 0 Å². The highest BCUT2D eigenvalue weighted by Crippen LogP contribution is 2.22. The molecule has 1 N–H and O–H groups in total. The van der Waals surface area contributed by atoms with Crippen LogP contribution in [0.15, 0.2) is 36.7 Å². The summed E-state index contributed by atoms with van der Waals surface area (Å²) in [6.45, 7) is 0.209. The summed E-state index contributed by atoms with van der Waals surface area (Å²) in [6, 6.07) is 6.01. The van der Waals surface area contributed by atoms with E-state index in [1.54, 1.807) is 0 Å². The molecule has 114 valence electrons.